The van der Waals surface area contributed by atoms with Crippen LogP contribution in [0.4, 0.5) is 0 Å². The van der Waals surface area contributed by atoms with E-state index in [2.05, 4.69) is 10.2 Å². The van der Waals surface area contributed by atoms with E-state index >= 15 is 0 Å². The van der Waals surface area contributed by atoms with Crippen LogP contribution in [-0.2, 0) is 5.60 Å². The summed E-state index contributed by atoms with van der Waals surface area (Å²) < 4.78 is 5.27. The van der Waals surface area contributed by atoms with Crippen molar-refractivity contribution in [1.82, 2.24) is 10.2 Å². The second kappa shape index (κ2) is 4.11. The summed E-state index contributed by atoms with van der Waals surface area (Å²) in [6.07, 6.45) is 3.02. The minimum atomic E-state index is -0.957. The molecule has 0 bridgehead atoms. The maximum Gasteiger partial charge on any atom is 0.276 e. The zero-order valence-electron chi connectivity index (χ0n) is 8.07. The fourth-order valence-electron chi connectivity index (χ4n) is 1.03. The van der Waals surface area contributed by atoms with Crippen molar-refractivity contribution in [2.75, 3.05) is 6.26 Å². The van der Waals surface area contributed by atoms with Crippen LogP contribution in [0.1, 0.15) is 32.6 Å². The van der Waals surface area contributed by atoms with E-state index in [1.54, 1.807) is 0 Å². The first-order valence-corrected chi connectivity index (χ1v) is 5.49. The molecule has 0 saturated heterocycles. The quantitative estimate of drug-likeness (QED) is 0.754. The molecule has 74 valence electrons. The van der Waals surface area contributed by atoms with Crippen molar-refractivity contribution in [3.8, 4) is 0 Å². The lowest BCUT2D eigenvalue weighted by Crippen LogP contribution is -2.23. The van der Waals surface area contributed by atoms with Crippen LogP contribution in [0.15, 0.2) is 9.64 Å². The van der Waals surface area contributed by atoms with Crippen LogP contribution < -0.4 is 0 Å². The SMILES string of the molecule is CCC(O)(CC)c1nnc(SC)o1. The van der Waals surface area contributed by atoms with Crippen LogP contribution >= 0.6 is 11.8 Å². The number of aromatic nitrogens is 2. The van der Waals surface area contributed by atoms with E-state index in [4.69, 9.17) is 4.42 Å². The number of thioether (sulfide) groups is 1. The second-order valence-electron chi connectivity index (χ2n) is 2.82. The van der Waals surface area contributed by atoms with Crippen molar-refractivity contribution in [2.45, 2.75) is 37.5 Å². The molecule has 4 nitrogen and oxygen atoms in total. The summed E-state index contributed by atoms with van der Waals surface area (Å²) in [5.41, 5.74) is -0.957. The smallest absolute Gasteiger partial charge is 0.276 e. The molecule has 5 heteroatoms. The van der Waals surface area contributed by atoms with Gasteiger partial charge in [0, 0.05) is 0 Å². The van der Waals surface area contributed by atoms with Crippen LogP contribution in [-0.4, -0.2) is 21.6 Å². The van der Waals surface area contributed by atoms with Crippen LogP contribution in [0.3, 0.4) is 0 Å². The fourth-order valence-corrected chi connectivity index (χ4v) is 1.32. The first-order chi connectivity index (χ1) is 6.16. The van der Waals surface area contributed by atoms with Crippen molar-refractivity contribution in [3.63, 3.8) is 0 Å². The van der Waals surface area contributed by atoms with Gasteiger partial charge in [-0.15, -0.1) is 10.2 Å². The molecule has 1 aromatic rings. The van der Waals surface area contributed by atoms with E-state index in [1.165, 1.54) is 11.8 Å². The Morgan fingerprint density at radius 2 is 2.00 bits per heavy atom. The van der Waals surface area contributed by atoms with Crippen LogP contribution in [0.5, 0.6) is 0 Å². The molecule has 0 aliphatic heterocycles. The van der Waals surface area contributed by atoms with Gasteiger partial charge in [-0.25, -0.2) is 0 Å². The lowest BCUT2D eigenvalue weighted by atomic mass is 9.98. The summed E-state index contributed by atoms with van der Waals surface area (Å²) in [4.78, 5) is 0. The van der Waals surface area contributed by atoms with Gasteiger partial charge in [-0.3, -0.25) is 0 Å². The molecule has 0 radical (unpaired) electrons. The Balaban J connectivity index is 2.91. The molecule has 0 aliphatic rings. The van der Waals surface area contributed by atoms with Crippen molar-refractivity contribution in [3.05, 3.63) is 5.89 Å². The molecule has 0 aromatic carbocycles. The summed E-state index contributed by atoms with van der Waals surface area (Å²) in [6, 6.07) is 0. The molecule has 1 N–H and O–H groups in total. The normalized spacial score (nSPS) is 12.0. The molecule has 0 fully saturated rings. The minimum Gasteiger partial charge on any atom is -0.413 e. The van der Waals surface area contributed by atoms with Crippen LogP contribution in [0, 0.1) is 0 Å². The first kappa shape index (κ1) is 10.5. The molecule has 0 atom stereocenters. The molecule has 1 rings (SSSR count). The standard InChI is InChI=1S/C8H14N2O2S/c1-4-8(11,5-2)6-9-10-7(12-6)13-3/h11H,4-5H2,1-3H3. The van der Waals surface area contributed by atoms with Gasteiger partial charge in [-0.05, 0) is 19.1 Å². The number of aliphatic hydroxyl groups is 1. The highest BCUT2D eigenvalue weighted by molar-refractivity contribution is 7.98. The average molecular weight is 202 g/mol. The number of hydrogen-bond donors (Lipinski definition) is 1. The predicted molar refractivity (Wildman–Crippen MR) is 50.6 cm³/mol. The monoisotopic (exact) mass is 202 g/mol. The number of nitrogens with zero attached hydrogens (tertiary/aromatic N) is 2. The van der Waals surface area contributed by atoms with Crippen LogP contribution in [0.25, 0.3) is 0 Å². The van der Waals surface area contributed by atoms with E-state index in [1.807, 2.05) is 20.1 Å². The first-order valence-electron chi connectivity index (χ1n) is 4.26. The molecule has 0 amide bonds. The zero-order chi connectivity index (χ0) is 9.90. The molecule has 1 heterocycles. The largest absolute Gasteiger partial charge is 0.413 e. The van der Waals surface area contributed by atoms with Gasteiger partial charge in [0.15, 0.2) is 0 Å². The van der Waals surface area contributed by atoms with Crippen molar-refractivity contribution < 1.29 is 9.52 Å². The van der Waals surface area contributed by atoms with Gasteiger partial charge in [0.2, 0.25) is 5.89 Å². The molecule has 0 spiro atoms. The van der Waals surface area contributed by atoms with Crippen molar-refractivity contribution >= 4 is 11.8 Å². The van der Waals surface area contributed by atoms with Gasteiger partial charge >= 0.3 is 0 Å². The van der Waals surface area contributed by atoms with Crippen molar-refractivity contribution in [1.29, 1.82) is 0 Å². The van der Waals surface area contributed by atoms with E-state index in [0.717, 1.165) is 0 Å². The van der Waals surface area contributed by atoms with Gasteiger partial charge < -0.3 is 9.52 Å². The summed E-state index contributed by atoms with van der Waals surface area (Å²) >= 11 is 1.38. The van der Waals surface area contributed by atoms with E-state index < -0.39 is 5.60 Å². The third-order valence-electron chi connectivity index (χ3n) is 2.15. The third-order valence-corrected chi connectivity index (χ3v) is 2.66. The molecule has 0 aliphatic carbocycles. The van der Waals surface area contributed by atoms with E-state index in [-0.39, 0.29) is 0 Å². The topological polar surface area (TPSA) is 59.2 Å². The predicted octanol–water partition coefficient (Wildman–Crippen LogP) is 1.80. The van der Waals surface area contributed by atoms with Gasteiger partial charge in [-0.1, -0.05) is 25.6 Å². The third kappa shape index (κ3) is 2.03. The maximum atomic E-state index is 10.0. The van der Waals surface area contributed by atoms with Gasteiger partial charge in [0.1, 0.15) is 5.60 Å². The number of rotatable bonds is 4. The lowest BCUT2D eigenvalue weighted by molar-refractivity contribution is -0.00116. The summed E-state index contributed by atoms with van der Waals surface area (Å²) in [7, 11) is 0. The molecule has 0 unspecified atom stereocenters. The maximum absolute atomic E-state index is 10.0. The molecule has 1 aromatic heterocycles. The molecular weight excluding hydrogens is 188 g/mol. The molecular formula is C8H14N2O2S. The Labute approximate surface area is 81.7 Å². The highest BCUT2D eigenvalue weighted by Crippen LogP contribution is 2.28. The Morgan fingerprint density at radius 3 is 2.38 bits per heavy atom. The summed E-state index contributed by atoms with van der Waals surface area (Å²) in [5.74, 6) is 0.321. The second-order valence-corrected chi connectivity index (χ2v) is 3.57. The van der Waals surface area contributed by atoms with Gasteiger partial charge in [0.25, 0.3) is 5.22 Å². The molecule has 13 heavy (non-hydrogen) atoms. The average Bonchev–Trinajstić information content (AvgIpc) is 2.65. The minimum absolute atomic E-state index is 0.321. The van der Waals surface area contributed by atoms with Crippen molar-refractivity contribution in [2.24, 2.45) is 0 Å². The lowest BCUT2D eigenvalue weighted by Gasteiger charge is -2.19. The zero-order valence-corrected chi connectivity index (χ0v) is 8.89. The van der Waals surface area contributed by atoms with E-state index in [0.29, 0.717) is 24.0 Å². The van der Waals surface area contributed by atoms with E-state index in [9.17, 15) is 5.11 Å². The van der Waals surface area contributed by atoms with Gasteiger partial charge in [-0.2, -0.15) is 0 Å². The highest BCUT2D eigenvalue weighted by atomic mass is 32.2. The fraction of sp³-hybridized carbons (Fsp3) is 0.750. The number of hydrogen-bond acceptors (Lipinski definition) is 5. The summed E-state index contributed by atoms with van der Waals surface area (Å²) in [6.45, 7) is 3.79. The molecule has 0 saturated carbocycles. The Morgan fingerprint density at radius 1 is 1.38 bits per heavy atom. The Bertz CT molecular complexity index is 271. The Kier molecular flexibility index (Phi) is 3.33. The highest BCUT2D eigenvalue weighted by Gasteiger charge is 2.31. The van der Waals surface area contributed by atoms with Crippen LogP contribution in [0.2, 0.25) is 0 Å². The Hall–Kier alpha value is -0.550. The van der Waals surface area contributed by atoms with Gasteiger partial charge in [0.05, 0.1) is 0 Å². The summed E-state index contributed by atoms with van der Waals surface area (Å²) in [5, 5.41) is 18.1.